The molecule has 0 aromatic heterocycles. The molecule has 4 rings (SSSR count). The van der Waals surface area contributed by atoms with Crippen LogP contribution in [0.4, 0.5) is 0 Å². The second-order valence-electron chi connectivity index (χ2n) is 6.72. The van der Waals surface area contributed by atoms with E-state index in [1.165, 1.54) is 10.5 Å². The molecule has 1 fully saturated rings. The van der Waals surface area contributed by atoms with Gasteiger partial charge in [-0.3, -0.25) is 4.79 Å². The van der Waals surface area contributed by atoms with E-state index in [2.05, 4.69) is 12.1 Å². The summed E-state index contributed by atoms with van der Waals surface area (Å²) in [6.45, 7) is 0.803. The summed E-state index contributed by atoms with van der Waals surface area (Å²) in [5, 5.41) is -0.0235. The van der Waals surface area contributed by atoms with Gasteiger partial charge in [0, 0.05) is 17.0 Å². The highest BCUT2D eigenvalue weighted by atomic mass is 32.2. The Morgan fingerprint density at radius 2 is 2.00 bits per heavy atom. The maximum Gasteiger partial charge on any atom is 0.236 e. The maximum atomic E-state index is 13.3. The van der Waals surface area contributed by atoms with E-state index in [0.717, 1.165) is 42.9 Å². The summed E-state index contributed by atoms with van der Waals surface area (Å²) in [6.07, 6.45) is 2.79. The molecule has 0 spiro atoms. The molecular weight excluding hydrogens is 346 g/mol. The average molecular weight is 369 g/mol. The van der Waals surface area contributed by atoms with Gasteiger partial charge in [0.15, 0.2) is 0 Å². The minimum Gasteiger partial charge on any atom is -0.497 e. The van der Waals surface area contributed by atoms with Crippen molar-refractivity contribution >= 4 is 17.7 Å². The Kier molecular flexibility index (Phi) is 4.81. The van der Waals surface area contributed by atoms with Crippen molar-refractivity contribution in [1.29, 1.82) is 0 Å². The predicted molar refractivity (Wildman–Crippen MR) is 103 cm³/mol. The van der Waals surface area contributed by atoms with E-state index in [0.29, 0.717) is 0 Å². The Labute approximate surface area is 158 Å². The monoisotopic (exact) mass is 369 g/mol. The molecule has 2 heterocycles. The van der Waals surface area contributed by atoms with Gasteiger partial charge >= 0.3 is 0 Å². The summed E-state index contributed by atoms with van der Waals surface area (Å²) in [4.78, 5) is 16.6. The zero-order valence-electron chi connectivity index (χ0n) is 15.1. The van der Waals surface area contributed by atoms with E-state index in [4.69, 9.17) is 9.47 Å². The zero-order valence-corrected chi connectivity index (χ0v) is 15.9. The molecule has 4 nitrogen and oxygen atoms in total. The normalized spacial score (nSPS) is 21.5. The number of nitrogens with zero attached hydrogens (tertiary/aromatic N) is 1. The van der Waals surface area contributed by atoms with Crippen LogP contribution in [0.1, 0.15) is 30.0 Å². The van der Waals surface area contributed by atoms with Gasteiger partial charge in [-0.25, -0.2) is 0 Å². The summed E-state index contributed by atoms with van der Waals surface area (Å²) in [6, 6.07) is 14.2. The number of benzene rings is 2. The number of likely N-dealkylation sites (tertiary alicyclic amines) is 1. The highest BCUT2D eigenvalue weighted by Crippen LogP contribution is 2.43. The molecule has 2 atom stereocenters. The number of carbonyl (C=O) groups is 1. The van der Waals surface area contributed by atoms with Gasteiger partial charge in [0.1, 0.15) is 11.5 Å². The molecule has 136 valence electrons. The first-order chi connectivity index (χ1) is 12.7. The highest BCUT2D eigenvalue weighted by molar-refractivity contribution is 8.01. The molecule has 0 N–H and O–H groups in total. The van der Waals surface area contributed by atoms with Crippen molar-refractivity contribution in [3.05, 3.63) is 53.6 Å². The Morgan fingerprint density at radius 1 is 1.15 bits per heavy atom. The maximum absolute atomic E-state index is 13.3. The molecule has 2 aliphatic heterocycles. The van der Waals surface area contributed by atoms with Crippen molar-refractivity contribution in [3.8, 4) is 11.5 Å². The lowest BCUT2D eigenvalue weighted by Gasteiger charge is -2.28. The van der Waals surface area contributed by atoms with Crippen LogP contribution in [-0.2, 0) is 11.2 Å². The first-order valence-corrected chi connectivity index (χ1v) is 9.86. The first-order valence-electron chi connectivity index (χ1n) is 8.98. The summed E-state index contributed by atoms with van der Waals surface area (Å²) in [7, 11) is 3.34. The minimum absolute atomic E-state index is 0.0235. The second kappa shape index (κ2) is 7.23. The van der Waals surface area contributed by atoms with Crippen LogP contribution in [0.25, 0.3) is 0 Å². The SMILES string of the molecule is COc1ccc(OC)c(C2CCCN2C(=O)C2Cc3ccccc3S2)c1. The lowest BCUT2D eigenvalue weighted by atomic mass is 10.0. The third-order valence-corrected chi connectivity index (χ3v) is 6.56. The fourth-order valence-electron chi connectivity index (χ4n) is 3.96. The molecule has 1 amide bonds. The van der Waals surface area contributed by atoms with Gasteiger partial charge in [-0.05, 0) is 49.1 Å². The number of hydrogen-bond acceptors (Lipinski definition) is 4. The first kappa shape index (κ1) is 17.3. The van der Waals surface area contributed by atoms with Crippen LogP contribution in [0.5, 0.6) is 11.5 Å². The van der Waals surface area contributed by atoms with Gasteiger partial charge in [-0.2, -0.15) is 0 Å². The van der Waals surface area contributed by atoms with Gasteiger partial charge in [-0.1, -0.05) is 18.2 Å². The van der Waals surface area contributed by atoms with Crippen LogP contribution < -0.4 is 9.47 Å². The van der Waals surface area contributed by atoms with E-state index in [1.807, 2.05) is 35.2 Å². The van der Waals surface area contributed by atoms with Crippen molar-refractivity contribution in [3.63, 3.8) is 0 Å². The molecule has 2 aliphatic rings. The number of ether oxygens (including phenoxy) is 2. The molecule has 26 heavy (non-hydrogen) atoms. The van der Waals surface area contributed by atoms with Gasteiger partial charge in [-0.15, -0.1) is 11.8 Å². The fourth-order valence-corrected chi connectivity index (χ4v) is 5.22. The van der Waals surface area contributed by atoms with E-state index in [9.17, 15) is 4.79 Å². The minimum atomic E-state index is -0.0235. The predicted octanol–water partition coefficient (Wildman–Crippen LogP) is 4.08. The molecule has 5 heteroatoms. The smallest absolute Gasteiger partial charge is 0.236 e. The van der Waals surface area contributed by atoms with Crippen molar-refractivity contribution in [2.24, 2.45) is 0 Å². The largest absolute Gasteiger partial charge is 0.497 e. The number of amides is 1. The summed E-state index contributed by atoms with van der Waals surface area (Å²) in [5.74, 6) is 1.85. The number of methoxy groups -OCH3 is 2. The summed E-state index contributed by atoms with van der Waals surface area (Å²) >= 11 is 1.70. The van der Waals surface area contributed by atoms with Crippen LogP contribution in [0, 0.1) is 0 Å². The molecule has 2 unspecified atom stereocenters. The standard InChI is InChI=1S/C21H23NO3S/c1-24-15-9-10-18(25-2)16(13-15)17-7-5-11-22(17)21(23)20-12-14-6-3-4-8-19(14)26-20/h3-4,6,8-10,13,17,20H,5,7,11-12H2,1-2H3. The molecule has 0 aliphatic carbocycles. The molecular formula is C21H23NO3S. The topological polar surface area (TPSA) is 38.8 Å². The highest BCUT2D eigenvalue weighted by Gasteiger charge is 2.38. The van der Waals surface area contributed by atoms with Crippen LogP contribution in [0.3, 0.4) is 0 Å². The molecule has 0 bridgehead atoms. The van der Waals surface area contributed by atoms with Gasteiger partial charge in [0.2, 0.25) is 5.91 Å². The van der Waals surface area contributed by atoms with Crippen LogP contribution >= 0.6 is 11.8 Å². The Hall–Kier alpha value is -2.14. The molecule has 1 saturated heterocycles. The lowest BCUT2D eigenvalue weighted by molar-refractivity contribution is -0.131. The van der Waals surface area contributed by atoms with Gasteiger partial charge < -0.3 is 14.4 Å². The van der Waals surface area contributed by atoms with Crippen LogP contribution in [0.15, 0.2) is 47.4 Å². The van der Waals surface area contributed by atoms with E-state index < -0.39 is 0 Å². The number of hydrogen-bond donors (Lipinski definition) is 0. The van der Waals surface area contributed by atoms with E-state index in [-0.39, 0.29) is 17.2 Å². The fraction of sp³-hybridized carbons (Fsp3) is 0.381. The molecule has 2 aromatic rings. The number of fused-ring (bicyclic) bond motifs is 1. The van der Waals surface area contributed by atoms with Crippen molar-refractivity contribution in [2.75, 3.05) is 20.8 Å². The molecule has 2 aromatic carbocycles. The average Bonchev–Trinajstić information content (AvgIpc) is 3.33. The van der Waals surface area contributed by atoms with E-state index >= 15 is 0 Å². The Morgan fingerprint density at radius 3 is 2.77 bits per heavy atom. The quantitative estimate of drug-likeness (QED) is 0.814. The molecule has 0 saturated carbocycles. The summed E-state index contributed by atoms with van der Waals surface area (Å²) < 4.78 is 11.0. The van der Waals surface area contributed by atoms with Crippen molar-refractivity contribution < 1.29 is 14.3 Å². The lowest BCUT2D eigenvalue weighted by Crippen LogP contribution is -2.37. The molecule has 0 radical (unpaired) electrons. The van der Waals surface area contributed by atoms with Crippen LogP contribution in [0.2, 0.25) is 0 Å². The second-order valence-corrected chi connectivity index (χ2v) is 7.96. The number of rotatable bonds is 4. The van der Waals surface area contributed by atoms with E-state index in [1.54, 1.807) is 26.0 Å². The van der Waals surface area contributed by atoms with Crippen molar-refractivity contribution in [2.45, 2.75) is 35.4 Å². The summed E-state index contributed by atoms with van der Waals surface area (Å²) in [5.41, 5.74) is 2.32. The third-order valence-electron chi connectivity index (χ3n) is 5.25. The number of carbonyl (C=O) groups excluding carboxylic acids is 1. The Bertz CT molecular complexity index is 798. The van der Waals surface area contributed by atoms with Crippen molar-refractivity contribution in [1.82, 2.24) is 4.90 Å². The third kappa shape index (κ3) is 3.05. The Balaban J connectivity index is 1.59. The van der Waals surface area contributed by atoms with Crippen LogP contribution in [-0.4, -0.2) is 36.8 Å². The van der Waals surface area contributed by atoms with Gasteiger partial charge in [0.25, 0.3) is 0 Å². The number of thioether (sulfide) groups is 1. The zero-order chi connectivity index (χ0) is 18.1. The van der Waals surface area contributed by atoms with Gasteiger partial charge in [0.05, 0.1) is 25.5 Å².